The van der Waals surface area contributed by atoms with Gasteiger partial charge in [-0.2, -0.15) is 0 Å². The second-order valence-electron chi connectivity index (χ2n) is 4.36. The monoisotopic (exact) mass is 350 g/mol. The van der Waals surface area contributed by atoms with Gasteiger partial charge in [-0.1, -0.05) is 57.9 Å². The third-order valence-corrected chi connectivity index (χ3v) is 4.88. The Morgan fingerprint density at radius 2 is 2.00 bits per heavy atom. The first-order chi connectivity index (χ1) is 9.29. The van der Waals surface area contributed by atoms with Crippen molar-refractivity contribution in [2.24, 2.45) is 0 Å². The van der Waals surface area contributed by atoms with Crippen molar-refractivity contribution in [2.75, 3.05) is 5.33 Å². The van der Waals surface area contributed by atoms with Crippen LogP contribution in [0.5, 0.6) is 0 Å². The van der Waals surface area contributed by atoms with Gasteiger partial charge in [0.05, 0.1) is 0 Å². The highest BCUT2D eigenvalue weighted by molar-refractivity contribution is 9.09. The van der Waals surface area contributed by atoms with Crippen molar-refractivity contribution in [3.63, 3.8) is 0 Å². The van der Waals surface area contributed by atoms with E-state index < -0.39 is 0 Å². The highest BCUT2D eigenvalue weighted by Gasteiger charge is 2.18. The molecule has 3 rings (SSSR count). The Bertz CT molecular complexity index is 649. The molecule has 0 spiro atoms. The molecule has 0 radical (unpaired) electrons. The number of rotatable bonds is 1. The number of alkyl halides is 1. The van der Waals surface area contributed by atoms with Crippen LogP contribution in [0, 0.1) is 0 Å². The minimum absolute atomic E-state index is 0.791. The maximum Gasteiger partial charge on any atom is 0.0412 e. The molecule has 0 nitrogen and oxygen atoms in total. The van der Waals surface area contributed by atoms with Gasteiger partial charge in [-0.15, -0.1) is 11.8 Å². The first-order valence-electron chi connectivity index (χ1n) is 6.06. The van der Waals surface area contributed by atoms with Crippen LogP contribution in [0.25, 0.3) is 5.57 Å². The summed E-state index contributed by atoms with van der Waals surface area (Å²) in [6.45, 7) is 0. The fourth-order valence-electron chi connectivity index (χ4n) is 2.35. The zero-order valence-electron chi connectivity index (χ0n) is 10.2. The molecular formula is C16H12BrClS. The smallest absolute Gasteiger partial charge is 0.0412 e. The fraction of sp³-hybridized carbons (Fsp3) is 0.125. The number of fused-ring (bicyclic) bond motifs is 2. The first-order valence-corrected chi connectivity index (χ1v) is 8.55. The zero-order chi connectivity index (χ0) is 13.2. The highest BCUT2D eigenvalue weighted by Crippen LogP contribution is 2.41. The van der Waals surface area contributed by atoms with E-state index in [0.29, 0.717) is 0 Å². The zero-order valence-corrected chi connectivity index (χ0v) is 13.4. The van der Waals surface area contributed by atoms with Crippen LogP contribution in [0.1, 0.15) is 16.7 Å². The van der Waals surface area contributed by atoms with Gasteiger partial charge in [-0.3, -0.25) is 0 Å². The van der Waals surface area contributed by atoms with Crippen molar-refractivity contribution < 1.29 is 0 Å². The van der Waals surface area contributed by atoms with Crippen LogP contribution < -0.4 is 0 Å². The summed E-state index contributed by atoms with van der Waals surface area (Å²) in [5, 5.41) is 1.63. The van der Waals surface area contributed by atoms with E-state index in [1.165, 1.54) is 27.2 Å². The number of hydrogen-bond donors (Lipinski definition) is 0. The van der Waals surface area contributed by atoms with Crippen molar-refractivity contribution in [3.05, 3.63) is 70.3 Å². The molecule has 0 aliphatic carbocycles. The van der Waals surface area contributed by atoms with Gasteiger partial charge in [0.2, 0.25) is 0 Å². The van der Waals surface area contributed by atoms with Crippen LogP contribution in [0.2, 0.25) is 5.02 Å². The maximum atomic E-state index is 6.17. The first kappa shape index (κ1) is 13.3. The minimum atomic E-state index is 0.791. The summed E-state index contributed by atoms with van der Waals surface area (Å²) in [5.74, 6) is 1.00. The molecule has 0 saturated carbocycles. The number of allylic oxidation sites excluding steroid dienone is 1. The van der Waals surface area contributed by atoms with Gasteiger partial charge in [0.25, 0.3) is 0 Å². The van der Waals surface area contributed by atoms with Crippen LogP contribution in [-0.2, 0) is 5.75 Å². The molecule has 1 heterocycles. The van der Waals surface area contributed by atoms with Crippen LogP contribution in [0.15, 0.2) is 53.4 Å². The average Bonchev–Trinajstić information content (AvgIpc) is 2.58. The molecule has 2 aromatic rings. The highest BCUT2D eigenvalue weighted by atomic mass is 79.9. The van der Waals surface area contributed by atoms with Crippen molar-refractivity contribution >= 4 is 44.9 Å². The summed E-state index contributed by atoms with van der Waals surface area (Å²) in [4.78, 5) is 1.30. The van der Waals surface area contributed by atoms with Crippen LogP contribution in [0.3, 0.4) is 0 Å². The Morgan fingerprint density at radius 3 is 2.84 bits per heavy atom. The predicted molar refractivity (Wildman–Crippen MR) is 88.3 cm³/mol. The van der Waals surface area contributed by atoms with E-state index in [1.54, 1.807) is 0 Å². The third kappa shape index (κ3) is 2.62. The van der Waals surface area contributed by atoms with Crippen molar-refractivity contribution in [1.29, 1.82) is 0 Å². The van der Waals surface area contributed by atoms with Gasteiger partial charge in [0.15, 0.2) is 0 Å². The van der Waals surface area contributed by atoms with Gasteiger partial charge in [-0.25, -0.2) is 0 Å². The predicted octanol–water partition coefficient (Wildman–Crippen LogP) is 5.77. The Labute approximate surface area is 131 Å². The Hall–Kier alpha value is -0.700. The van der Waals surface area contributed by atoms with E-state index >= 15 is 0 Å². The Balaban J connectivity index is 2.26. The number of halogens is 2. The molecule has 19 heavy (non-hydrogen) atoms. The molecule has 0 bridgehead atoms. The lowest BCUT2D eigenvalue weighted by Gasteiger charge is -2.11. The Morgan fingerprint density at radius 1 is 1.16 bits per heavy atom. The molecule has 1 aliphatic rings. The molecular weight excluding hydrogens is 340 g/mol. The van der Waals surface area contributed by atoms with E-state index in [0.717, 1.165) is 16.1 Å². The molecule has 0 saturated heterocycles. The third-order valence-electron chi connectivity index (χ3n) is 3.20. The van der Waals surface area contributed by atoms with Gasteiger partial charge >= 0.3 is 0 Å². The molecule has 0 N–H and O–H groups in total. The summed E-state index contributed by atoms with van der Waals surface area (Å²) >= 11 is 11.6. The summed E-state index contributed by atoms with van der Waals surface area (Å²) in [7, 11) is 0. The lowest BCUT2D eigenvalue weighted by molar-refractivity contribution is 1.38. The molecule has 0 fully saturated rings. The van der Waals surface area contributed by atoms with Gasteiger partial charge < -0.3 is 0 Å². The molecule has 1 aliphatic heterocycles. The Kier molecular flexibility index (Phi) is 4.01. The molecule has 0 atom stereocenters. The molecule has 96 valence electrons. The van der Waals surface area contributed by atoms with E-state index in [2.05, 4.69) is 58.4 Å². The van der Waals surface area contributed by atoms with E-state index in [1.807, 2.05) is 17.8 Å². The molecule has 2 aromatic carbocycles. The van der Waals surface area contributed by atoms with Gasteiger partial charge in [0.1, 0.15) is 0 Å². The summed E-state index contributed by atoms with van der Waals surface area (Å²) in [6.07, 6.45) is 2.22. The number of benzene rings is 2. The summed E-state index contributed by atoms with van der Waals surface area (Å²) in [6, 6.07) is 14.8. The lowest BCUT2D eigenvalue weighted by Crippen LogP contribution is -1.92. The normalized spacial score (nSPS) is 15.8. The van der Waals surface area contributed by atoms with Crippen LogP contribution in [0.4, 0.5) is 0 Å². The van der Waals surface area contributed by atoms with Gasteiger partial charge in [-0.05, 0) is 40.5 Å². The molecule has 0 unspecified atom stereocenters. The van der Waals surface area contributed by atoms with E-state index in [4.69, 9.17) is 11.6 Å². The maximum absolute atomic E-state index is 6.17. The minimum Gasteiger partial charge on any atom is -0.121 e. The largest absolute Gasteiger partial charge is 0.121 e. The van der Waals surface area contributed by atoms with Crippen molar-refractivity contribution in [3.8, 4) is 0 Å². The van der Waals surface area contributed by atoms with Crippen LogP contribution >= 0.6 is 39.3 Å². The summed E-state index contributed by atoms with van der Waals surface area (Å²) in [5.41, 5.74) is 5.21. The second-order valence-corrected chi connectivity index (χ2v) is 6.46. The molecule has 0 aromatic heterocycles. The number of hydrogen-bond acceptors (Lipinski definition) is 1. The van der Waals surface area contributed by atoms with Crippen molar-refractivity contribution in [1.82, 2.24) is 0 Å². The number of thioether (sulfide) groups is 1. The van der Waals surface area contributed by atoms with Gasteiger partial charge in [0, 0.05) is 21.0 Å². The standard InChI is InChI=1S/C16H12BrClS/c17-8-7-14-13-4-2-1-3-11(13)10-19-16-6-5-12(18)9-15(14)16/h1-7,9H,8,10H2/b14-7+. The van der Waals surface area contributed by atoms with E-state index in [9.17, 15) is 0 Å². The lowest BCUT2D eigenvalue weighted by atomic mass is 9.94. The average molecular weight is 352 g/mol. The quantitative estimate of drug-likeness (QED) is 0.587. The van der Waals surface area contributed by atoms with E-state index in [-0.39, 0.29) is 0 Å². The summed E-state index contributed by atoms with van der Waals surface area (Å²) < 4.78 is 0. The molecule has 0 amide bonds. The molecule has 3 heteroatoms. The van der Waals surface area contributed by atoms with Crippen molar-refractivity contribution in [2.45, 2.75) is 10.6 Å². The second kappa shape index (κ2) is 5.74. The SMILES string of the molecule is Clc1ccc2c(c1)/C(=C/CBr)c1ccccc1CS2. The topological polar surface area (TPSA) is 0 Å². The van der Waals surface area contributed by atoms with Crippen LogP contribution in [-0.4, -0.2) is 5.33 Å². The fourth-order valence-corrected chi connectivity index (χ4v) is 3.89.